The summed E-state index contributed by atoms with van der Waals surface area (Å²) in [6.07, 6.45) is 1.72. The van der Waals surface area contributed by atoms with Gasteiger partial charge in [0.1, 0.15) is 5.58 Å². The molecule has 4 aromatic rings. The van der Waals surface area contributed by atoms with Gasteiger partial charge in [-0.3, -0.25) is 9.36 Å². The zero-order valence-electron chi connectivity index (χ0n) is 12.0. The molecule has 108 valence electrons. The highest BCUT2D eigenvalue weighted by molar-refractivity contribution is 6.05. The van der Waals surface area contributed by atoms with Crippen LogP contribution in [-0.4, -0.2) is 10.5 Å². The second-order valence-electron chi connectivity index (χ2n) is 5.43. The van der Waals surface area contributed by atoms with Crippen molar-refractivity contribution in [1.29, 1.82) is 0 Å². The standard InChI is InChI=1S/C18H14N2O2/c1-11-5-6-13-10-16(22-15(13)9-11)18(21)20-8-7-12-3-2-4-14(19)17(12)20/h2-10H,19H2,1H3. The quantitative estimate of drug-likeness (QED) is 0.540. The van der Waals surface area contributed by atoms with Gasteiger partial charge in [-0.25, -0.2) is 0 Å². The molecule has 0 atom stereocenters. The van der Waals surface area contributed by atoms with Crippen molar-refractivity contribution >= 4 is 33.5 Å². The van der Waals surface area contributed by atoms with Crippen LogP contribution in [0.15, 0.2) is 59.1 Å². The fourth-order valence-electron chi connectivity index (χ4n) is 2.75. The van der Waals surface area contributed by atoms with Crippen LogP contribution in [0.25, 0.3) is 21.9 Å². The van der Waals surface area contributed by atoms with Crippen molar-refractivity contribution in [2.45, 2.75) is 6.92 Å². The number of aryl methyl sites for hydroxylation is 1. The lowest BCUT2D eigenvalue weighted by Crippen LogP contribution is -2.10. The Morgan fingerprint density at radius 3 is 2.82 bits per heavy atom. The van der Waals surface area contributed by atoms with E-state index in [1.807, 2.05) is 43.3 Å². The molecule has 0 unspecified atom stereocenters. The Labute approximate surface area is 126 Å². The number of hydrogen-bond acceptors (Lipinski definition) is 3. The summed E-state index contributed by atoms with van der Waals surface area (Å²) in [6, 6.07) is 15.1. The molecule has 2 N–H and O–H groups in total. The molecule has 0 saturated heterocycles. The average molecular weight is 290 g/mol. The molecule has 0 aliphatic carbocycles. The predicted octanol–water partition coefficient (Wildman–Crippen LogP) is 3.97. The van der Waals surface area contributed by atoms with Crippen LogP contribution in [0.1, 0.15) is 16.1 Å². The lowest BCUT2D eigenvalue weighted by Gasteiger charge is -2.03. The summed E-state index contributed by atoms with van der Waals surface area (Å²) < 4.78 is 7.25. The number of aromatic nitrogens is 1. The van der Waals surface area contributed by atoms with Crippen LogP contribution in [0.2, 0.25) is 0 Å². The van der Waals surface area contributed by atoms with Gasteiger partial charge in [0.2, 0.25) is 0 Å². The fourth-order valence-corrected chi connectivity index (χ4v) is 2.75. The molecule has 4 rings (SSSR count). The molecule has 2 heterocycles. The van der Waals surface area contributed by atoms with E-state index in [1.54, 1.807) is 18.3 Å². The van der Waals surface area contributed by atoms with Crippen molar-refractivity contribution in [2.24, 2.45) is 0 Å². The van der Waals surface area contributed by atoms with E-state index in [4.69, 9.17) is 10.2 Å². The van der Waals surface area contributed by atoms with Crippen molar-refractivity contribution < 1.29 is 9.21 Å². The second kappa shape index (κ2) is 4.49. The van der Waals surface area contributed by atoms with E-state index in [1.165, 1.54) is 4.57 Å². The molecule has 0 bridgehead atoms. The molecule has 4 heteroatoms. The van der Waals surface area contributed by atoms with Crippen LogP contribution in [-0.2, 0) is 0 Å². The van der Waals surface area contributed by atoms with Gasteiger partial charge in [-0.1, -0.05) is 24.3 Å². The Morgan fingerprint density at radius 2 is 1.95 bits per heavy atom. The Bertz CT molecular complexity index is 1020. The monoisotopic (exact) mass is 290 g/mol. The first-order valence-corrected chi connectivity index (χ1v) is 7.04. The normalized spacial score (nSPS) is 11.3. The summed E-state index contributed by atoms with van der Waals surface area (Å²) in [6.45, 7) is 1.99. The predicted molar refractivity (Wildman–Crippen MR) is 87.0 cm³/mol. The molecule has 0 fully saturated rings. The molecule has 2 aromatic carbocycles. The third-order valence-corrected chi connectivity index (χ3v) is 3.85. The maximum absolute atomic E-state index is 12.7. The molecule has 0 amide bonds. The third kappa shape index (κ3) is 1.81. The van der Waals surface area contributed by atoms with E-state index in [0.717, 1.165) is 16.3 Å². The third-order valence-electron chi connectivity index (χ3n) is 3.85. The number of nitrogens with two attached hydrogens (primary N) is 1. The smallest absolute Gasteiger partial charge is 0.298 e. The zero-order valence-corrected chi connectivity index (χ0v) is 12.0. The largest absolute Gasteiger partial charge is 0.451 e. The van der Waals surface area contributed by atoms with Crippen molar-refractivity contribution in [3.8, 4) is 0 Å². The Hall–Kier alpha value is -3.01. The summed E-state index contributed by atoms with van der Waals surface area (Å²) in [5, 5.41) is 1.85. The highest BCUT2D eigenvalue weighted by atomic mass is 16.3. The van der Waals surface area contributed by atoms with E-state index in [-0.39, 0.29) is 5.91 Å². The van der Waals surface area contributed by atoms with E-state index in [9.17, 15) is 4.79 Å². The Morgan fingerprint density at radius 1 is 1.09 bits per heavy atom. The molecule has 0 aliphatic rings. The van der Waals surface area contributed by atoms with E-state index < -0.39 is 0 Å². The summed E-state index contributed by atoms with van der Waals surface area (Å²) in [5.74, 6) is 0.0862. The van der Waals surface area contributed by atoms with Crippen molar-refractivity contribution in [1.82, 2.24) is 4.57 Å². The molecule has 0 radical (unpaired) electrons. The average Bonchev–Trinajstić information content (AvgIpc) is 3.10. The number of carbonyl (C=O) groups is 1. The molecule has 0 spiro atoms. The fraction of sp³-hybridized carbons (Fsp3) is 0.0556. The number of anilines is 1. The first-order valence-electron chi connectivity index (χ1n) is 7.04. The summed E-state index contributed by atoms with van der Waals surface area (Å²) in [7, 11) is 0. The van der Waals surface area contributed by atoms with Gasteiger partial charge in [0.25, 0.3) is 5.91 Å². The SMILES string of the molecule is Cc1ccc2cc(C(=O)n3ccc4cccc(N)c43)oc2c1. The molecular weight excluding hydrogens is 276 g/mol. The number of nitrogen functional groups attached to an aromatic ring is 1. The van der Waals surface area contributed by atoms with Crippen LogP contribution in [0.4, 0.5) is 5.69 Å². The minimum Gasteiger partial charge on any atom is -0.451 e. The van der Waals surface area contributed by atoms with Crippen LogP contribution >= 0.6 is 0 Å². The number of furan rings is 1. The molecule has 0 aliphatic heterocycles. The number of carbonyl (C=O) groups excluding carboxylic acids is 1. The molecule has 2 aromatic heterocycles. The maximum Gasteiger partial charge on any atom is 0.298 e. The number of rotatable bonds is 1. The zero-order chi connectivity index (χ0) is 15.3. The number of benzene rings is 2. The number of hydrogen-bond donors (Lipinski definition) is 1. The van der Waals surface area contributed by atoms with Gasteiger partial charge in [-0.2, -0.15) is 0 Å². The minimum absolute atomic E-state index is 0.221. The van der Waals surface area contributed by atoms with Gasteiger partial charge in [-0.15, -0.1) is 0 Å². The van der Waals surface area contributed by atoms with Gasteiger partial charge in [0, 0.05) is 17.0 Å². The highest BCUT2D eigenvalue weighted by Gasteiger charge is 2.17. The number of nitrogens with zero attached hydrogens (tertiary/aromatic N) is 1. The summed E-state index contributed by atoms with van der Waals surface area (Å²) in [5.41, 5.74) is 9.10. The van der Waals surface area contributed by atoms with Crippen LogP contribution < -0.4 is 5.73 Å². The van der Waals surface area contributed by atoms with Crippen LogP contribution in [0, 0.1) is 6.92 Å². The molecule has 22 heavy (non-hydrogen) atoms. The minimum atomic E-state index is -0.221. The molecular formula is C18H14N2O2. The lowest BCUT2D eigenvalue weighted by molar-refractivity contribution is 0.0940. The second-order valence-corrected chi connectivity index (χ2v) is 5.43. The van der Waals surface area contributed by atoms with Gasteiger partial charge in [0.05, 0.1) is 11.2 Å². The molecule has 0 saturated carbocycles. The number of fused-ring (bicyclic) bond motifs is 2. The van der Waals surface area contributed by atoms with Crippen LogP contribution in [0.3, 0.4) is 0 Å². The Balaban J connectivity index is 1.88. The van der Waals surface area contributed by atoms with E-state index in [0.29, 0.717) is 22.5 Å². The Kier molecular flexibility index (Phi) is 2.60. The van der Waals surface area contributed by atoms with Crippen molar-refractivity contribution in [3.63, 3.8) is 0 Å². The first-order chi connectivity index (χ1) is 10.6. The van der Waals surface area contributed by atoms with Crippen molar-refractivity contribution in [2.75, 3.05) is 5.73 Å². The summed E-state index contributed by atoms with van der Waals surface area (Å²) in [4.78, 5) is 12.7. The van der Waals surface area contributed by atoms with Gasteiger partial charge < -0.3 is 10.2 Å². The summed E-state index contributed by atoms with van der Waals surface area (Å²) >= 11 is 0. The van der Waals surface area contributed by atoms with Gasteiger partial charge in [-0.05, 0) is 36.8 Å². The van der Waals surface area contributed by atoms with Crippen molar-refractivity contribution in [3.05, 3.63) is 66.1 Å². The van der Waals surface area contributed by atoms with E-state index >= 15 is 0 Å². The van der Waals surface area contributed by atoms with Gasteiger partial charge >= 0.3 is 0 Å². The van der Waals surface area contributed by atoms with Gasteiger partial charge in [0.15, 0.2) is 5.76 Å². The topological polar surface area (TPSA) is 61.2 Å². The maximum atomic E-state index is 12.7. The number of para-hydroxylation sites is 1. The van der Waals surface area contributed by atoms with E-state index in [2.05, 4.69) is 0 Å². The highest BCUT2D eigenvalue weighted by Crippen LogP contribution is 2.25. The first kappa shape index (κ1) is 12.7. The molecule has 4 nitrogen and oxygen atoms in total. The van der Waals surface area contributed by atoms with Crippen LogP contribution in [0.5, 0.6) is 0 Å². The lowest BCUT2D eigenvalue weighted by atomic mass is 10.2.